The van der Waals surface area contributed by atoms with E-state index in [0.29, 0.717) is 24.6 Å². The summed E-state index contributed by atoms with van der Waals surface area (Å²) < 4.78 is 10.3. The first-order valence-corrected chi connectivity index (χ1v) is 9.04. The average molecular weight is 373 g/mol. The molecule has 27 heavy (non-hydrogen) atoms. The van der Waals surface area contributed by atoms with E-state index >= 15 is 0 Å². The van der Waals surface area contributed by atoms with E-state index in [9.17, 15) is 14.7 Å². The topological polar surface area (TPSA) is 115 Å². The van der Waals surface area contributed by atoms with Crippen LogP contribution < -0.4 is 10.1 Å². The molecule has 0 unspecified atom stereocenters. The predicted octanol–water partition coefficient (Wildman–Crippen LogP) is 2.58. The van der Waals surface area contributed by atoms with Gasteiger partial charge in [0.15, 0.2) is 0 Å². The number of nitrogens with one attached hydrogen (secondary N) is 1. The first-order valence-electron chi connectivity index (χ1n) is 9.04. The van der Waals surface area contributed by atoms with E-state index < -0.39 is 11.5 Å². The SMILES string of the molecule is COc1ccc(-c2noc(CCC(=O)NC3(C(=O)O)CCCCC3)n2)cc1. The van der Waals surface area contributed by atoms with Crippen LogP contribution in [-0.4, -0.2) is 39.8 Å². The fourth-order valence-corrected chi connectivity index (χ4v) is 3.31. The Morgan fingerprint density at radius 1 is 1.22 bits per heavy atom. The average Bonchev–Trinajstić information content (AvgIpc) is 3.16. The highest BCUT2D eigenvalue weighted by atomic mass is 16.5. The fourth-order valence-electron chi connectivity index (χ4n) is 3.31. The molecule has 1 aliphatic rings. The van der Waals surface area contributed by atoms with Crippen molar-refractivity contribution in [1.29, 1.82) is 0 Å². The molecule has 8 nitrogen and oxygen atoms in total. The normalized spacial score (nSPS) is 15.9. The number of benzene rings is 1. The summed E-state index contributed by atoms with van der Waals surface area (Å²) in [5.41, 5.74) is -0.361. The number of carboxylic acid groups (broad SMARTS) is 1. The maximum Gasteiger partial charge on any atom is 0.329 e. The molecule has 0 spiro atoms. The number of aromatic nitrogens is 2. The van der Waals surface area contributed by atoms with Crippen molar-refractivity contribution < 1.29 is 24.0 Å². The van der Waals surface area contributed by atoms with E-state index in [1.54, 1.807) is 19.2 Å². The third-order valence-electron chi connectivity index (χ3n) is 4.88. The third-order valence-corrected chi connectivity index (χ3v) is 4.88. The quantitative estimate of drug-likeness (QED) is 0.766. The van der Waals surface area contributed by atoms with Gasteiger partial charge in [0.05, 0.1) is 7.11 Å². The van der Waals surface area contributed by atoms with Gasteiger partial charge in [-0.05, 0) is 37.1 Å². The summed E-state index contributed by atoms with van der Waals surface area (Å²) in [6.07, 6.45) is 3.90. The van der Waals surface area contributed by atoms with Crippen LogP contribution in [0.5, 0.6) is 5.75 Å². The van der Waals surface area contributed by atoms with Gasteiger partial charge in [-0.2, -0.15) is 4.98 Å². The van der Waals surface area contributed by atoms with Gasteiger partial charge in [-0.3, -0.25) is 4.79 Å². The summed E-state index contributed by atoms with van der Waals surface area (Å²) in [5, 5.41) is 16.2. The fraction of sp³-hybridized carbons (Fsp3) is 0.474. The van der Waals surface area contributed by atoms with Gasteiger partial charge in [-0.15, -0.1) is 0 Å². The lowest BCUT2D eigenvalue weighted by atomic mass is 9.81. The monoisotopic (exact) mass is 373 g/mol. The van der Waals surface area contributed by atoms with Gasteiger partial charge < -0.3 is 19.7 Å². The number of ether oxygens (including phenoxy) is 1. The molecular weight excluding hydrogens is 350 g/mol. The summed E-state index contributed by atoms with van der Waals surface area (Å²) in [7, 11) is 1.59. The van der Waals surface area contributed by atoms with Crippen LogP contribution in [0.2, 0.25) is 0 Å². The molecular formula is C19H23N3O5. The zero-order valence-electron chi connectivity index (χ0n) is 15.2. The second kappa shape index (κ2) is 8.20. The maximum absolute atomic E-state index is 12.3. The molecule has 1 heterocycles. The molecule has 0 bridgehead atoms. The van der Waals surface area contributed by atoms with Crippen molar-refractivity contribution in [3.05, 3.63) is 30.2 Å². The smallest absolute Gasteiger partial charge is 0.329 e. The Balaban J connectivity index is 1.57. The molecule has 2 aromatic rings. The number of aliphatic carboxylic acids is 1. The zero-order chi connectivity index (χ0) is 19.3. The maximum atomic E-state index is 12.3. The Kier molecular flexibility index (Phi) is 5.73. The molecule has 1 amide bonds. The molecule has 1 aromatic carbocycles. The number of amides is 1. The number of carbonyl (C=O) groups excluding carboxylic acids is 1. The van der Waals surface area contributed by atoms with Crippen LogP contribution in [0.3, 0.4) is 0 Å². The summed E-state index contributed by atoms with van der Waals surface area (Å²) >= 11 is 0. The van der Waals surface area contributed by atoms with Gasteiger partial charge >= 0.3 is 5.97 Å². The van der Waals surface area contributed by atoms with E-state index in [4.69, 9.17) is 9.26 Å². The van der Waals surface area contributed by atoms with Gasteiger partial charge in [0, 0.05) is 18.4 Å². The minimum atomic E-state index is -1.14. The molecule has 0 radical (unpaired) electrons. The molecule has 2 N–H and O–H groups in total. The van der Waals surface area contributed by atoms with E-state index in [2.05, 4.69) is 15.5 Å². The van der Waals surface area contributed by atoms with Crippen molar-refractivity contribution >= 4 is 11.9 Å². The molecule has 0 atom stereocenters. The first kappa shape index (κ1) is 18.9. The second-order valence-corrected chi connectivity index (χ2v) is 6.74. The molecule has 1 aromatic heterocycles. The lowest BCUT2D eigenvalue weighted by Crippen LogP contribution is -2.55. The number of aryl methyl sites for hydroxylation is 1. The van der Waals surface area contributed by atoms with Gasteiger partial charge in [0.25, 0.3) is 0 Å². The highest BCUT2D eigenvalue weighted by Gasteiger charge is 2.40. The van der Waals surface area contributed by atoms with E-state index in [1.807, 2.05) is 12.1 Å². The zero-order valence-corrected chi connectivity index (χ0v) is 15.2. The molecule has 144 valence electrons. The van der Waals surface area contributed by atoms with E-state index in [1.165, 1.54) is 0 Å². The highest BCUT2D eigenvalue weighted by molar-refractivity contribution is 5.87. The minimum Gasteiger partial charge on any atom is -0.497 e. The second-order valence-electron chi connectivity index (χ2n) is 6.74. The molecule has 1 fully saturated rings. The van der Waals surface area contributed by atoms with Crippen LogP contribution in [0.25, 0.3) is 11.4 Å². The molecule has 8 heteroatoms. The molecule has 0 saturated heterocycles. The largest absolute Gasteiger partial charge is 0.497 e. The van der Waals surface area contributed by atoms with E-state index in [-0.39, 0.29) is 18.7 Å². The first-order chi connectivity index (χ1) is 13.0. The molecule has 1 saturated carbocycles. The number of carbonyl (C=O) groups is 2. The van der Waals surface area contributed by atoms with Crippen molar-refractivity contribution in [1.82, 2.24) is 15.5 Å². The molecule has 3 rings (SSSR count). The predicted molar refractivity (Wildman–Crippen MR) is 96.2 cm³/mol. The number of nitrogens with zero attached hydrogens (tertiary/aromatic N) is 2. The van der Waals surface area contributed by atoms with Crippen molar-refractivity contribution in [2.75, 3.05) is 7.11 Å². The Labute approximate surface area is 156 Å². The van der Waals surface area contributed by atoms with Crippen molar-refractivity contribution in [2.45, 2.75) is 50.5 Å². The third kappa shape index (κ3) is 4.45. The van der Waals surface area contributed by atoms with Crippen LogP contribution in [0.4, 0.5) is 0 Å². The van der Waals surface area contributed by atoms with Crippen LogP contribution in [0, 0.1) is 0 Å². The molecule has 1 aliphatic carbocycles. The number of rotatable bonds is 7. The lowest BCUT2D eigenvalue weighted by molar-refractivity contribution is -0.149. The van der Waals surface area contributed by atoms with Crippen LogP contribution >= 0.6 is 0 Å². The Morgan fingerprint density at radius 3 is 2.56 bits per heavy atom. The Bertz CT molecular complexity index is 794. The van der Waals surface area contributed by atoms with E-state index in [0.717, 1.165) is 30.6 Å². The summed E-state index contributed by atoms with van der Waals surface area (Å²) in [4.78, 5) is 28.2. The van der Waals surface area contributed by atoms with Crippen LogP contribution in [0.1, 0.15) is 44.4 Å². The van der Waals surface area contributed by atoms with Gasteiger partial charge in [-0.1, -0.05) is 24.4 Å². The summed E-state index contributed by atoms with van der Waals surface area (Å²) in [6.45, 7) is 0. The minimum absolute atomic E-state index is 0.0965. The highest BCUT2D eigenvalue weighted by Crippen LogP contribution is 2.28. The Hall–Kier alpha value is -2.90. The number of carboxylic acids is 1. The number of hydrogen-bond donors (Lipinski definition) is 2. The van der Waals surface area contributed by atoms with Gasteiger partial charge in [0.2, 0.25) is 17.6 Å². The number of methoxy groups -OCH3 is 1. The standard InChI is InChI=1S/C19H23N3O5/c1-26-14-7-5-13(6-8-14)17-20-16(27-22-17)10-9-15(23)21-19(18(24)25)11-3-2-4-12-19/h5-8H,2-4,9-12H2,1H3,(H,21,23)(H,24,25). The van der Waals surface area contributed by atoms with Gasteiger partial charge in [0.1, 0.15) is 11.3 Å². The summed E-state index contributed by atoms with van der Waals surface area (Å²) in [6, 6.07) is 7.24. The van der Waals surface area contributed by atoms with Crippen LogP contribution in [0.15, 0.2) is 28.8 Å². The molecule has 0 aliphatic heterocycles. The van der Waals surface area contributed by atoms with Crippen molar-refractivity contribution in [3.63, 3.8) is 0 Å². The van der Waals surface area contributed by atoms with Crippen LogP contribution in [-0.2, 0) is 16.0 Å². The number of hydrogen-bond acceptors (Lipinski definition) is 6. The van der Waals surface area contributed by atoms with Crippen molar-refractivity contribution in [2.24, 2.45) is 0 Å². The van der Waals surface area contributed by atoms with Crippen molar-refractivity contribution in [3.8, 4) is 17.1 Å². The Morgan fingerprint density at radius 2 is 1.93 bits per heavy atom. The van der Waals surface area contributed by atoms with Gasteiger partial charge in [-0.25, -0.2) is 4.79 Å². The lowest BCUT2D eigenvalue weighted by Gasteiger charge is -2.33. The summed E-state index contributed by atoms with van der Waals surface area (Å²) in [5.74, 6) is 0.221.